The van der Waals surface area contributed by atoms with E-state index in [1.807, 2.05) is 32.9 Å². The van der Waals surface area contributed by atoms with Crippen molar-refractivity contribution in [1.82, 2.24) is 10.2 Å². The number of halogens is 1. The molecule has 0 heterocycles. The molecule has 0 radical (unpaired) electrons. The van der Waals surface area contributed by atoms with Gasteiger partial charge in [0.15, 0.2) is 0 Å². The average Bonchev–Trinajstić information content (AvgIpc) is 2.62. The van der Waals surface area contributed by atoms with Crippen LogP contribution < -0.4 is 10.6 Å². The fourth-order valence-corrected chi connectivity index (χ4v) is 3.07. The predicted molar refractivity (Wildman–Crippen MR) is 111 cm³/mol. The number of aryl methyl sites for hydroxylation is 3. The van der Waals surface area contributed by atoms with E-state index < -0.39 is 5.91 Å². The standard InChI is InChI=1S/C21H24ClN3O3/c1-13-8-14(2)20(15(3)9-13)24-18(26)12-25(4)19(27)11-23-21(28)16-6-5-7-17(22)10-16/h5-10H,11-12H2,1-4H3,(H,23,28)(H,24,26). The minimum atomic E-state index is -0.403. The van der Waals surface area contributed by atoms with Crippen molar-refractivity contribution in [1.29, 1.82) is 0 Å². The molecule has 0 aliphatic rings. The summed E-state index contributed by atoms with van der Waals surface area (Å²) in [5.74, 6) is -1.07. The molecule has 28 heavy (non-hydrogen) atoms. The summed E-state index contributed by atoms with van der Waals surface area (Å²) in [5.41, 5.74) is 4.18. The van der Waals surface area contributed by atoms with Crippen molar-refractivity contribution in [3.8, 4) is 0 Å². The van der Waals surface area contributed by atoms with Crippen molar-refractivity contribution in [2.45, 2.75) is 20.8 Å². The van der Waals surface area contributed by atoms with Gasteiger partial charge in [-0.3, -0.25) is 14.4 Å². The molecule has 2 aromatic carbocycles. The number of anilines is 1. The van der Waals surface area contributed by atoms with Crippen LogP contribution in [0, 0.1) is 20.8 Å². The molecule has 0 aliphatic carbocycles. The van der Waals surface area contributed by atoms with Gasteiger partial charge in [0.05, 0.1) is 13.1 Å². The second-order valence-corrected chi connectivity index (χ2v) is 7.20. The molecule has 6 nitrogen and oxygen atoms in total. The molecule has 0 aliphatic heterocycles. The summed E-state index contributed by atoms with van der Waals surface area (Å²) in [6, 6.07) is 10.4. The largest absolute Gasteiger partial charge is 0.343 e. The van der Waals surface area contributed by atoms with E-state index in [-0.39, 0.29) is 24.9 Å². The topological polar surface area (TPSA) is 78.5 Å². The third-order valence-corrected chi connectivity index (χ3v) is 4.47. The van der Waals surface area contributed by atoms with Crippen LogP contribution in [-0.4, -0.2) is 42.8 Å². The molecular weight excluding hydrogens is 378 g/mol. The highest BCUT2D eigenvalue weighted by atomic mass is 35.5. The third kappa shape index (κ3) is 5.82. The molecule has 0 bridgehead atoms. The van der Waals surface area contributed by atoms with E-state index in [1.165, 1.54) is 18.0 Å². The van der Waals surface area contributed by atoms with Gasteiger partial charge in [-0.05, 0) is 50.1 Å². The Bertz CT molecular complexity index is 889. The summed E-state index contributed by atoms with van der Waals surface area (Å²) in [4.78, 5) is 37.9. The summed E-state index contributed by atoms with van der Waals surface area (Å²) in [7, 11) is 1.52. The Morgan fingerprint density at radius 3 is 2.29 bits per heavy atom. The number of rotatable bonds is 6. The minimum Gasteiger partial charge on any atom is -0.343 e. The zero-order valence-electron chi connectivity index (χ0n) is 16.4. The second kappa shape index (κ2) is 9.37. The fraction of sp³-hybridized carbons (Fsp3) is 0.286. The molecule has 148 valence electrons. The van der Waals surface area contributed by atoms with E-state index in [0.717, 1.165) is 22.4 Å². The molecule has 0 atom stereocenters. The molecular formula is C21H24ClN3O3. The first-order valence-corrected chi connectivity index (χ1v) is 9.20. The lowest BCUT2D eigenvalue weighted by molar-refractivity contribution is -0.132. The number of benzene rings is 2. The summed E-state index contributed by atoms with van der Waals surface area (Å²) in [5, 5.41) is 5.83. The van der Waals surface area contributed by atoms with Crippen LogP contribution >= 0.6 is 11.6 Å². The van der Waals surface area contributed by atoms with E-state index in [1.54, 1.807) is 18.2 Å². The van der Waals surface area contributed by atoms with Crippen molar-refractivity contribution in [2.75, 3.05) is 25.5 Å². The smallest absolute Gasteiger partial charge is 0.251 e. The van der Waals surface area contributed by atoms with Crippen LogP contribution in [-0.2, 0) is 9.59 Å². The molecule has 0 saturated heterocycles. The third-order valence-electron chi connectivity index (χ3n) is 4.23. The molecule has 0 fully saturated rings. The molecule has 0 unspecified atom stereocenters. The normalized spacial score (nSPS) is 10.3. The monoisotopic (exact) mass is 401 g/mol. The molecule has 0 saturated carbocycles. The lowest BCUT2D eigenvalue weighted by Crippen LogP contribution is -2.41. The van der Waals surface area contributed by atoms with Crippen LogP contribution in [0.15, 0.2) is 36.4 Å². The maximum atomic E-state index is 12.3. The Morgan fingerprint density at radius 2 is 1.68 bits per heavy atom. The maximum Gasteiger partial charge on any atom is 0.251 e. The van der Waals surface area contributed by atoms with Crippen LogP contribution in [0.1, 0.15) is 27.0 Å². The van der Waals surface area contributed by atoms with Crippen molar-refractivity contribution in [2.24, 2.45) is 0 Å². The first-order valence-electron chi connectivity index (χ1n) is 8.83. The van der Waals surface area contributed by atoms with Crippen LogP contribution in [0.5, 0.6) is 0 Å². The first-order chi connectivity index (χ1) is 13.2. The van der Waals surface area contributed by atoms with Crippen molar-refractivity contribution in [3.05, 3.63) is 63.7 Å². The van der Waals surface area contributed by atoms with E-state index in [2.05, 4.69) is 10.6 Å². The number of carbonyl (C=O) groups is 3. The number of hydrogen-bond acceptors (Lipinski definition) is 3. The molecule has 2 rings (SSSR count). The zero-order valence-corrected chi connectivity index (χ0v) is 17.2. The summed E-state index contributed by atoms with van der Waals surface area (Å²) in [6.07, 6.45) is 0. The number of hydrogen-bond donors (Lipinski definition) is 2. The number of nitrogens with one attached hydrogen (secondary N) is 2. The zero-order chi connectivity index (χ0) is 20.8. The fourth-order valence-electron chi connectivity index (χ4n) is 2.88. The van der Waals surface area contributed by atoms with E-state index >= 15 is 0 Å². The van der Waals surface area contributed by atoms with Gasteiger partial charge in [0, 0.05) is 23.3 Å². The lowest BCUT2D eigenvalue weighted by Gasteiger charge is -2.18. The van der Waals surface area contributed by atoms with Crippen LogP contribution in [0.2, 0.25) is 5.02 Å². The van der Waals surface area contributed by atoms with Crippen LogP contribution in [0.25, 0.3) is 0 Å². The van der Waals surface area contributed by atoms with Gasteiger partial charge in [-0.2, -0.15) is 0 Å². The molecule has 2 aromatic rings. The Hall–Kier alpha value is -2.86. The molecule has 2 N–H and O–H groups in total. The van der Waals surface area contributed by atoms with Gasteiger partial charge in [0.25, 0.3) is 5.91 Å². The van der Waals surface area contributed by atoms with E-state index in [9.17, 15) is 14.4 Å². The van der Waals surface area contributed by atoms with Crippen molar-refractivity contribution in [3.63, 3.8) is 0 Å². The number of nitrogens with zero attached hydrogens (tertiary/aromatic N) is 1. The van der Waals surface area contributed by atoms with Crippen LogP contribution in [0.3, 0.4) is 0 Å². The van der Waals surface area contributed by atoms with Gasteiger partial charge in [0.2, 0.25) is 11.8 Å². The predicted octanol–water partition coefficient (Wildman–Crippen LogP) is 3.09. The van der Waals surface area contributed by atoms with E-state index in [0.29, 0.717) is 10.6 Å². The van der Waals surface area contributed by atoms with Gasteiger partial charge >= 0.3 is 0 Å². The van der Waals surface area contributed by atoms with Gasteiger partial charge in [-0.15, -0.1) is 0 Å². The number of amides is 3. The van der Waals surface area contributed by atoms with Crippen molar-refractivity contribution < 1.29 is 14.4 Å². The molecule has 0 spiro atoms. The maximum absolute atomic E-state index is 12.3. The minimum absolute atomic E-state index is 0.112. The second-order valence-electron chi connectivity index (χ2n) is 6.76. The quantitative estimate of drug-likeness (QED) is 0.780. The lowest BCUT2D eigenvalue weighted by atomic mass is 10.1. The molecule has 7 heteroatoms. The van der Waals surface area contributed by atoms with E-state index in [4.69, 9.17) is 11.6 Å². The summed E-state index contributed by atoms with van der Waals surface area (Å²) < 4.78 is 0. The van der Waals surface area contributed by atoms with Crippen LogP contribution in [0.4, 0.5) is 5.69 Å². The Morgan fingerprint density at radius 1 is 1.04 bits per heavy atom. The van der Waals surface area contributed by atoms with Gasteiger partial charge in [-0.1, -0.05) is 35.4 Å². The Balaban J connectivity index is 1.88. The highest BCUT2D eigenvalue weighted by Crippen LogP contribution is 2.21. The highest BCUT2D eigenvalue weighted by Gasteiger charge is 2.16. The number of carbonyl (C=O) groups excluding carboxylic acids is 3. The van der Waals surface area contributed by atoms with Gasteiger partial charge in [0.1, 0.15) is 0 Å². The molecule has 0 aromatic heterocycles. The van der Waals surface area contributed by atoms with Gasteiger partial charge < -0.3 is 15.5 Å². The Labute approximate surface area is 169 Å². The van der Waals surface area contributed by atoms with Gasteiger partial charge in [-0.25, -0.2) is 0 Å². The van der Waals surface area contributed by atoms with Crippen molar-refractivity contribution >= 4 is 35.0 Å². The highest BCUT2D eigenvalue weighted by molar-refractivity contribution is 6.31. The average molecular weight is 402 g/mol. The number of likely N-dealkylation sites (N-methyl/N-ethyl adjacent to an activating group) is 1. The Kier molecular flexibility index (Phi) is 7.18. The first kappa shape index (κ1) is 21.4. The molecule has 3 amide bonds. The summed E-state index contributed by atoms with van der Waals surface area (Å²) in [6.45, 7) is 5.53. The summed E-state index contributed by atoms with van der Waals surface area (Å²) >= 11 is 5.86. The SMILES string of the molecule is Cc1cc(C)c(NC(=O)CN(C)C(=O)CNC(=O)c2cccc(Cl)c2)c(C)c1.